The number of fused-ring (bicyclic) bond motifs is 1. The molecule has 0 aliphatic heterocycles. The van der Waals surface area contributed by atoms with Gasteiger partial charge < -0.3 is 14.7 Å². The lowest BCUT2D eigenvalue weighted by molar-refractivity contribution is -0.137. The minimum Gasteiger partial charge on any atom is -0.447 e. The number of nitrogens with zero attached hydrogens (tertiary/aromatic N) is 2. The number of benzene rings is 3. The molecule has 9 heteroatoms. The molecular weight excluding hydrogens is 517 g/mol. The van der Waals surface area contributed by atoms with Crippen molar-refractivity contribution in [3.05, 3.63) is 125 Å². The number of hydrogen-bond donors (Lipinski definition) is 2. The zero-order valence-corrected chi connectivity index (χ0v) is 21.9. The van der Waals surface area contributed by atoms with Crippen molar-refractivity contribution in [1.29, 1.82) is 0 Å². The Morgan fingerprint density at radius 2 is 1.73 bits per heavy atom. The number of amides is 1. The van der Waals surface area contributed by atoms with Gasteiger partial charge in [0.25, 0.3) is 5.91 Å². The first-order chi connectivity index (χ1) is 19.3. The van der Waals surface area contributed by atoms with Crippen molar-refractivity contribution < 1.29 is 22.4 Å². The number of halogens is 3. The third kappa shape index (κ3) is 6.60. The van der Waals surface area contributed by atoms with Crippen LogP contribution in [0, 0.1) is 0 Å². The zero-order chi connectivity index (χ0) is 28.1. The van der Waals surface area contributed by atoms with Gasteiger partial charge in [-0.15, -0.1) is 0 Å². The fraction of sp³-hybridized carbons (Fsp3) is 0.226. The summed E-state index contributed by atoms with van der Waals surface area (Å²) >= 11 is 0. The van der Waals surface area contributed by atoms with Crippen molar-refractivity contribution in [2.24, 2.45) is 0 Å². The quantitative estimate of drug-likeness (QED) is 0.200. The molecule has 6 nitrogen and oxygen atoms in total. The molecule has 5 aromatic rings. The van der Waals surface area contributed by atoms with Gasteiger partial charge in [-0.2, -0.15) is 13.2 Å². The fourth-order valence-electron chi connectivity index (χ4n) is 4.66. The van der Waals surface area contributed by atoms with Gasteiger partial charge in [-0.1, -0.05) is 60.7 Å². The minimum absolute atomic E-state index is 0.170. The van der Waals surface area contributed by atoms with Crippen molar-refractivity contribution in [3.63, 3.8) is 0 Å². The first-order valence-corrected chi connectivity index (χ1v) is 13.0. The number of carbonyl (C=O) groups is 1. The summed E-state index contributed by atoms with van der Waals surface area (Å²) in [5.74, 6) is 0.00258. The number of nitrogens with one attached hydrogen (secondary N) is 2. The van der Waals surface area contributed by atoms with Crippen LogP contribution >= 0.6 is 0 Å². The number of rotatable bonds is 10. The van der Waals surface area contributed by atoms with Crippen LogP contribution in [-0.2, 0) is 25.7 Å². The van der Waals surface area contributed by atoms with E-state index in [1.807, 2.05) is 66.6 Å². The number of aromatic nitrogens is 2. The van der Waals surface area contributed by atoms with Crippen LogP contribution in [0.5, 0.6) is 0 Å². The molecule has 0 spiro atoms. The molecular formula is C31H29F3N4O2. The molecule has 2 aromatic heterocycles. The van der Waals surface area contributed by atoms with Gasteiger partial charge in [0.15, 0.2) is 5.69 Å². The predicted octanol–water partition coefficient (Wildman–Crippen LogP) is 6.91. The number of carbonyl (C=O) groups excluding carboxylic acids is 1. The van der Waals surface area contributed by atoms with E-state index in [1.54, 1.807) is 0 Å². The number of alkyl halides is 3. The molecule has 0 aliphatic carbocycles. The van der Waals surface area contributed by atoms with Gasteiger partial charge >= 0.3 is 6.18 Å². The molecule has 0 bridgehead atoms. The highest BCUT2D eigenvalue weighted by Crippen LogP contribution is 2.29. The third-order valence-electron chi connectivity index (χ3n) is 6.85. The monoisotopic (exact) mass is 546 g/mol. The van der Waals surface area contributed by atoms with Gasteiger partial charge in [-0.05, 0) is 48.2 Å². The maximum Gasteiger partial charge on any atom is 0.416 e. The Labute approximate surface area is 229 Å². The number of oxazole rings is 1. The Morgan fingerprint density at radius 1 is 1.00 bits per heavy atom. The molecule has 40 heavy (non-hydrogen) atoms. The van der Waals surface area contributed by atoms with Crippen LogP contribution in [0.15, 0.2) is 95.7 Å². The smallest absolute Gasteiger partial charge is 0.416 e. The average Bonchev–Trinajstić information content (AvgIpc) is 3.59. The van der Waals surface area contributed by atoms with Gasteiger partial charge in [0.2, 0.25) is 5.89 Å². The van der Waals surface area contributed by atoms with Gasteiger partial charge in [-0.3, -0.25) is 9.69 Å². The Hall–Kier alpha value is -4.37. The SMILES string of the molecule is C[C@H](NC(=O)c1coc(CN(CCc2c[nH]c3ccccc23)Cc2ccc(C(F)(F)F)cc2)n1)c1ccccc1. The third-order valence-corrected chi connectivity index (χ3v) is 6.85. The standard InChI is InChI=1S/C31H29F3N4O2/c1-21(23-7-3-2-4-8-23)36-30(39)28-20-40-29(37-28)19-38(18-22-11-13-25(14-12-22)31(32,33)34)16-15-24-17-35-27-10-6-5-9-26(24)27/h2-14,17,20-21,35H,15-16,18-19H2,1H3,(H,36,39)/t21-/m0/s1. The summed E-state index contributed by atoms with van der Waals surface area (Å²) in [7, 11) is 0. The number of H-pyrrole nitrogens is 1. The van der Waals surface area contributed by atoms with E-state index in [4.69, 9.17) is 4.42 Å². The molecule has 0 saturated heterocycles. The van der Waals surface area contributed by atoms with Crippen molar-refractivity contribution >= 4 is 16.8 Å². The summed E-state index contributed by atoms with van der Waals surface area (Å²) in [4.78, 5) is 22.5. The maximum atomic E-state index is 13.1. The highest BCUT2D eigenvalue weighted by Gasteiger charge is 2.30. The predicted molar refractivity (Wildman–Crippen MR) is 146 cm³/mol. The molecule has 2 heterocycles. The van der Waals surface area contributed by atoms with Crippen molar-refractivity contribution in [2.45, 2.75) is 38.7 Å². The molecule has 1 amide bonds. The largest absolute Gasteiger partial charge is 0.447 e. The molecule has 0 unspecified atom stereocenters. The van der Waals surface area contributed by atoms with E-state index in [0.29, 0.717) is 25.4 Å². The average molecular weight is 547 g/mol. The van der Waals surface area contributed by atoms with E-state index in [-0.39, 0.29) is 24.2 Å². The zero-order valence-electron chi connectivity index (χ0n) is 21.9. The lowest BCUT2D eigenvalue weighted by atomic mass is 10.1. The Bertz CT molecular complexity index is 1560. The normalized spacial score (nSPS) is 12.6. The van der Waals surface area contributed by atoms with E-state index in [2.05, 4.69) is 21.4 Å². The molecule has 0 saturated carbocycles. The second-order valence-electron chi connectivity index (χ2n) is 9.75. The lowest BCUT2D eigenvalue weighted by Gasteiger charge is -2.21. The highest BCUT2D eigenvalue weighted by atomic mass is 19.4. The topological polar surface area (TPSA) is 74.2 Å². The van der Waals surface area contributed by atoms with E-state index < -0.39 is 11.7 Å². The van der Waals surface area contributed by atoms with E-state index in [1.165, 1.54) is 18.4 Å². The van der Waals surface area contributed by atoms with E-state index >= 15 is 0 Å². The molecule has 3 aromatic carbocycles. The maximum absolute atomic E-state index is 13.1. The molecule has 0 radical (unpaired) electrons. The Kier molecular flexibility index (Phi) is 8.02. The molecule has 0 fully saturated rings. The summed E-state index contributed by atoms with van der Waals surface area (Å²) < 4.78 is 44.8. The molecule has 2 N–H and O–H groups in total. The first kappa shape index (κ1) is 27.2. The van der Waals surface area contributed by atoms with Crippen molar-refractivity contribution in [2.75, 3.05) is 6.54 Å². The Morgan fingerprint density at radius 3 is 2.48 bits per heavy atom. The molecule has 1 atom stereocenters. The van der Waals surface area contributed by atoms with Crippen LogP contribution in [0.1, 0.15) is 51.6 Å². The van der Waals surface area contributed by atoms with Crippen LogP contribution < -0.4 is 5.32 Å². The van der Waals surface area contributed by atoms with Gasteiger partial charge in [0, 0.05) is 30.2 Å². The first-order valence-electron chi connectivity index (χ1n) is 13.0. The molecule has 5 rings (SSSR count). The van der Waals surface area contributed by atoms with Gasteiger partial charge in [0.1, 0.15) is 6.26 Å². The number of hydrogen-bond acceptors (Lipinski definition) is 4. The summed E-state index contributed by atoms with van der Waals surface area (Å²) in [5, 5.41) is 4.05. The van der Waals surface area contributed by atoms with Crippen LogP contribution in [0.2, 0.25) is 0 Å². The Balaban J connectivity index is 1.29. The van der Waals surface area contributed by atoms with E-state index in [0.717, 1.165) is 39.7 Å². The summed E-state index contributed by atoms with van der Waals surface area (Å²) in [5.41, 5.74) is 3.36. The second-order valence-corrected chi connectivity index (χ2v) is 9.75. The van der Waals surface area contributed by atoms with Crippen LogP contribution in [0.3, 0.4) is 0 Å². The fourth-order valence-corrected chi connectivity index (χ4v) is 4.66. The summed E-state index contributed by atoms with van der Waals surface area (Å²) in [6.45, 7) is 3.16. The van der Waals surface area contributed by atoms with Crippen LogP contribution in [-0.4, -0.2) is 27.3 Å². The van der Waals surface area contributed by atoms with E-state index in [9.17, 15) is 18.0 Å². The second kappa shape index (κ2) is 11.8. The summed E-state index contributed by atoms with van der Waals surface area (Å²) in [6.07, 6.45) is -0.380. The number of aromatic amines is 1. The summed E-state index contributed by atoms with van der Waals surface area (Å²) in [6, 6.07) is 22.6. The minimum atomic E-state index is -4.39. The van der Waals surface area contributed by atoms with Crippen LogP contribution in [0.25, 0.3) is 10.9 Å². The van der Waals surface area contributed by atoms with Gasteiger partial charge in [-0.25, -0.2) is 4.98 Å². The van der Waals surface area contributed by atoms with Crippen LogP contribution in [0.4, 0.5) is 13.2 Å². The van der Waals surface area contributed by atoms with Gasteiger partial charge in [0.05, 0.1) is 18.2 Å². The number of para-hydroxylation sites is 1. The van der Waals surface area contributed by atoms with Crippen molar-refractivity contribution in [3.8, 4) is 0 Å². The molecule has 0 aliphatic rings. The van der Waals surface area contributed by atoms with Crippen molar-refractivity contribution in [1.82, 2.24) is 20.2 Å². The highest BCUT2D eigenvalue weighted by molar-refractivity contribution is 5.92. The lowest BCUT2D eigenvalue weighted by Crippen LogP contribution is -2.27. The molecule has 206 valence electrons.